The van der Waals surface area contributed by atoms with Gasteiger partial charge in [-0.2, -0.15) is 0 Å². The fourth-order valence-corrected chi connectivity index (χ4v) is 10.7. The minimum atomic E-state index is -3.57. The van der Waals surface area contributed by atoms with Gasteiger partial charge in [-0.15, -0.1) is 23.1 Å². The first-order valence-corrected chi connectivity index (χ1v) is 18.0. The zero-order chi connectivity index (χ0) is 34.6. The number of quaternary nitrogens is 1. The summed E-state index contributed by atoms with van der Waals surface area (Å²) in [5.41, 5.74) is 6.39. The first-order valence-electron chi connectivity index (χ1n) is 14.6. The number of nitrogens with zero attached hydrogens (tertiary/aromatic N) is 5. The van der Waals surface area contributed by atoms with Gasteiger partial charge < -0.3 is 40.3 Å². The number of nitrogens with one attached hydrogen (secondary N) is 1. The Labute approximate surface area is 278 Å². The number of sulfone groups is 1. The predicted octanol–water partition coefficient (Wildman–Crippen LogP) is -2.07. The van der Waals surface area contributed by atoms with Crippen LogP contribution in [0.5, 0.6) is 0 Å². The van der Waals surface area contributed by atoms with E-state index in [1.165, 1.54) is 37.6 Å². The van der Waals surface area contributed by atoms with E-state index in [4.69, 9.17) is 15.7 Å². The van der Waals surface area contributed by atoms with Gasteiger partial charge in [-0.1, -0.05) is 5.16 Å². The second kappa shape index (κ2) is 12.4. The van der Waals surface area contributed by atoms with Crippen molar-refractivity contribution in [3.8, 4) is 0 Å². The number of β-lactam (4-membered cyclic amide) rings is 2. The molecule has 0 saturated carbocycles. The van der Waals surface area contributed by atoms with Gasteiger partial charge in [0.2, 0.25) is 5.91 Å². The predicted molar refractivity (Wildman–Crippen MR) is 167 cm³/mol. The maximum absolute atomic E-state index is 12.9. The number of rotatable bonds is 8. The largest absolute Gasteiger partial charge is 0.543 e. The maximum Gasteiger partial charge on any atom is 0.328 e. The maximum atomic E-state index is 12.9. The van der Waals surface area contributed by atoms with Crippen molar-refractivity contribution in [2.45, 2.75) is 60.7 Å². The Morgan fingerprint density at radius 1 is 1.28 bits per heavy atom. The Morgan fingerprint density at radius 2 is 1.94 bits per heavy atom. The summed E-state index contributed by atoms with van der Waals surface area (Å²) >= 11 is 2.57. The number of hydrogen-bond acceptors (Lipinski definition) is 14. The molecule has 0 unspecified atom stereocenters. The molecule has 5 aliphatic rings. The molecule has 5 aliphatic heterocycles. The van der Waals surface area contributed by atoms with Crippen LogP contribution in [0.4, 0.5) is 5.13 Å². The third-order valence-corrected chi connectivity index (χ3v) is 13.9. The Balaban J connectivity index is 0.000000241. The quantitative estimate of drug-likeness (QED) is 0.114. The van der Waals surface area contributed by atoms with Crippen molar-refractivity contribution in [3.63, 3.8) is 0 Å². The number of hydrogen-bond donors (Lipinski definition) is 3. The van der Waals surface area contributed by atoms with E-state index in [1.54, 1.807) is 5.38 Å². The van der Waals surface area contributed by atoms with Crippen LogP contribution in [-0.4, -0.2) is 135 Å². The molecule has 6 heterocycles. The molecule has 6 rings (SSSR count). The number of nitrogen functional groups attached to an aromatic ring is 1. The van der Waals surface area contributed by atoms with Crippen LogP contribution in [0, 0.1) is 0 Å². The lowest BCUT2D eigenvalue weighted by molar-refractivity contribution is -0.893. The summed E-state index contributed by atoms with van der Waals surface area (Å²) in [6.07, 6.45) is 2.12. The lowest BCUT2D eigenvalue weighted by atomic mass is 9.98. The van der Waals surface area contributed by atoms with Crippen molar-refractivity contribution in [2.75, 3.05) is 45.3 Å². The minimum Gasteiger partial charge on any atom is -0.543 e. The van der Waals surface area contributed by atoms with Gasteiger partial charge in [0.1, 0.15) is 42.2 Å². The number of oxime groups is 1. The summed E-state index contributed by atoms with van der Waals surface area (Å²) in [7, 11) is -0.175. The van der Waals surface area contributed by atoms with E-state index in [0.717, 1.165) is 46.7 Å². The Hall–Kier alpha value is -3.75. The molecule has 0 bridgehead atoms. The first-order chi connectivity index (χ1) is 21.9. The number of aliphatic carboxylic acids is 2. The molecule has 20 heteroatoms. The topological polar surface area (TPSA) is 242 Å². The molecule has 0 radical (unpaired) electrons. The number of carbonyl (C=O) groups is 5. The summed E-state index contributed by atoms with van der Waals surface area (Å²) in [6.45, 7) is 5.24. The molecular weight excluding hydrogens is 679 g/mol. The average molecular weight is 714 g/mol. The van der Waals surface area contributed by atoms with Crippen LogP contribution in [0.15, 0.2) is 21.8 Å². The monoisotopic (exact) mass is 713 g/mol. The fourth-order valence-electron chi connectivity index (χ4n) is 6.64. The molecule has 4 saturated heterocycles. The number of thiazole rings is 1. The molecule has 1 aromatic rings. The second-order valence-corrected chi connectivity index (χ2v) is 17.3. The van der Waals surface area contributed by atoms with E-state index in [0.29, 0.717) is 17.9 Å². The molecule has 4 fully saturated rings. The zero-order valence-corrected chi connectivity index (χ0v) is 28.4. The van der Waals surface area contributed by atoms with Crippen LogP contribution < -0.4 is 16.2 Å². The number of aromatic nitrogens is 1. The number of likely N-dealkylation sites (N-methyl/N-ethyl adjacent to an activating group) is 1. The number of amides is 3. The van der Waals surface area contributed by atoms with E-state index >= 15 is 0 Å². The lowest BCUT2D eigenvalue weighted by Gasteiger charge is -2.51. The summed E-state index contributed by atoms with van der Waals surface area (Å²) in [6, 6.07) is -2.15. The number of carboxylic acid groups (broad SMARTS) is 2. The van der Waals surface area contributed by atoms with Crippen molar-refractivity contribution in [1.29, 1.82) is 0 Å². The van der Waals surface area contributed by atoms with E-state index in [1.807, 2.05) is 0 Å². The summed E-state index contributed by atoms with van der Waals surface area (Å²) in [5.74, 6) is -3.73. The van der Waals surface area contributed by atoms with Crippen molar-refractivity contribution < 1.29 is 51.9 Å². The smallest absolute Gasteiger partial charge is 0.328 e. The number of nitrogens with two attached hydrogens (primary N) is 1. The van der Waals surface area contributed by atoms with Gasteiger partial charge in [-0.3, -0.25) is 19.3 Å². The highest BCUT2D eigenvalue weighted by Crippen LogP contribution is 2.45. The molecule has 1 aromatic heterocycles. The summed E-state index contributed by atoms with van der Waals surface area (Å²) < 4.78 is 23.1. The van der Waals surface area contributed by atoms with E-state index in [-0.39, 0.29) is 28.7 Å². The van der Waals surface area contributed by atoms with Gasteiger partial charge >= 0.3 is 5.97 Å². The minimum absolute atomic E-state index is 0.0615. The van der Waals surface area contributed by atoms with E-state index in [9.17, 15) is 37.5 Å². The molecule has 3 amide bonds. The number of fused-ring (bicyclic) bond motifs is 2. The van der Waals surface area contributed by atoms with Gasteiger partial charge in [-0.05, 0) is 13.8 Å². The van der Waals surface area contributed by atoms with Crippen LogP contribution >= 0.6 is 23.1 Å². The number of anilines is 1. The van der Waals surface area contributed by atoms with Crippen LogP contribution in [0.3, 0.4) is 0 Å². The van der Waals surface area contributed by atoms with Gasteiger partial charge in [0.25, 0.3) is 11.8 Å². The molecule has 0 spiro atoms. The van der Waals surface area contributed by atoms with Gasteiger partial charge in [-0.25, -0.2) is 18.2 Å². The highest BCUT2D eigenvalue weighted by Gasteiger charge is 2.67. The van der Waals surface area contributed by atoms with E-state index < -0.39 is 67.1 Å². The summed E-state index contributed by atoms with van der Waals surface area (Å²) in [4.78, 5) is 70.8. The van der Waals surface area contributed by atoms with Crippen molar-refractivity contribution >= 4 is 73.4 Å². The fraction of sp³-hybridized carbons (Fsp3) is 0.593. The van der Waals surface area contributed by atoms with Crippen molar-refractivity contribution in [2.24, 2.45) is 5.16 Å². The van der Waals surface area contributed by atoms with E-state index in [2.05, 4.69) is 22.5 Å². The van der Waals surface area contributed by atoms with Crippen molar-refractivity contribution in [1.82, 2.24) is 20.1 Å². The SMILES string of the molecule is CC1(C)[C@H](C(=O)O)N2C(=O)C[C@H]2S1(=O)=O.CO/N=C(\C(=O)N[C@@H]1C(=O)N2C(C(=O)[O-])=C(C[N+]3(C)CCCC3)CS[C@H]12)c1csc(N)n1. The van der Waals surface area contributed by atoms with Crippen LogP contribution in [0.25, 0.3) is 0 Å². The zero-order valence-electron chi connectivity index (χ0n) is 26.0. The van der Waals surface area contributed by atoms with Crippen molar-refractivity contribution in [3.05, 3.63) is 22.3 Å². The molecule has 0 aliphatic carbocycles. The standard InChI is InChI=1S/C19H24N6O5S2.C8H11NO5S/c1-25(5-3-4-6-25)7-10-8-31-17-13(16(27)24(17)14(10)18(28)29)22-15(26)12(23-30-2)11-9-32-19(20)21-11;1-8(2)6(7(11)12)9-4(10)3-5(9)15(8,13)14/h9,13,17H,3-8H2,1-2H3,(H3-,20,21,22,26,28,29);5-6H,3H2,1-2H3,(H,11,12)/b23-12-;/t13-,17-;5-,6+/m11/s1. The third kappa shape index (κ3) is 5.84. The molecule has 47 heavy (non-hydrogen) atoms. The molecule has 4 N–H and O–H groups in total. The molecule has 256 valence electrons. The van der Waals surface area contributed by atoms with Gasteiger partial charge in [0, 0.05) is 29.5 Å². The molecule has 17 nitrogen and oxygen atoms in total. The Kier molecular flexibility index (Phi) is 9.10. The number of carbonyl (C=O) groups excluding carboxylic acids is 4. The number of likely N-dealkylation sites (tertiary alicyclic amines) is 1. The van der Waals surface area contributed by atoms with Crippen LogP contribution in [-0.2, 0) is 38.6 Å². The Morgan fingerprint density at radius 3 is 2.45 bits per heavy atom. The van der Waals surface area contributed by atoms with Crippen LogP contribution in [0.2, 0.25) is 0 Å². The first kappa shape index (κ1) is 34.6. The summed E-state index contributed by atoms with van der Waals surface area (Å²) in [5, 5.41) is 27.6. The average Bonchev–Trinajstić information content (AvgIpc) is 3.65. The molecular formula is C27H35N7O10S3. The normalized spacial score (nSPS) is 28.3. The van der Waals surface area contributed by atoms with Gasteiger partial charge in [0.15, 0.2) is 20.7 Å². The highest BCUT2D eigenvalue weighted by molar-refractivity contribution is 8.00. The molecule has 0 aromatic carbocycles. The lowest BCUT2D eigenvalue weighted by Crippen LogP contribution is -2.71. The second-order valence-electron chi connectivity index (χ2n) is 12.6. The number of carboxylic acids is 2. The highest BCUT2D eigenvalue weighted by atomic mass is 32.2. The molecule has 4 atom stereocenters. The Bertz CT molecular complexity index is 1700. The van der Waals surface area contributed by atoms with Gasteiger partial charge in [0.05, 0.1) is 43.0 Å². The number of thioether (sulfide) groups is 1. The third-order valence-electron chi connectivity index (χ3n) is 9.12. The van der Waals surface area contributed by atoms with Crippen LogP contribution in [0.1, 0.15) is 38.8 Å².